The lowest BCUT2D eigenvalue weighted by molar-refractivity contribution is -0.119. The van der Waals surface area contributed by atoms with Gasteiger partial charge in [0.05, 0.1) is 18.3 Å². The van der Waals surface area contributed by atoms with Crippen LogP contribution in [0.3, 0.4) is 0 Å². The van der Waals surface area contributed by atoms with E-state index >= 15 is 0 Å². The summed E-state index contributed by atoms with van der Waals surface area (Å²) < 4.78 is 23.7. The van der Waals surface area contributed by atoms with E-state index in [4.69, 9.17) is 11.6 Å². The minimum Gasteiger partial charge on any atom is -0.303 e. The predicted molar refractivity (Wildman–Crippen MR) is 108 cm³/mol. The first-order valence-corrected chi connectivity index (χ1v) is 10.6. The molecule has 2 aromatic carbocycles. The van der Waals surface area contributed by atoms with Crippen LogP contribution in [0, 0.1) is 0 Å². The van der Waals surface area contributed by atoms with E-state index in [1.165, 1.54) is 5.41 Å². The molecule has 3 rings (SSSR count). The first-order valence-electron chi connectivity index (χ1n) is 8.55. The molecule has 5 nitrogen and oxygen atoms in total. The maximum atomic E-state index is 13.0. The number of carbonyl (C=O) groups excluding carboxylic acids is 1. The number of likely N-dealkylation sites (N-methyl/N-ethyl adjacent to an activating group) is 1. The number of anilines is 1. The van der Waals surface area contributed by atoms with Crippen molar-refractivity contribution >= 4 is 33.0 Å². The van der Waals surface area contributed by atoms with Gasteiger partial charge in [0.2, 0.25) is 5.91 Å². The molecule has 1 atom stereocenters. The Morgan fingerprint density at radius 3 is 2.37 bits per heavy atom. The fourth-order valence-electron chi connectivity index (χ4n) is 3.09. The summed E-state index contributed by atoms with van der Waals surface area (Å²) >= 11 is 5.91. The highest BCUT2D eigenvalue weighted by molar-refractivity contribution is 7.94. The molecular formula is C20H21ClN2O3S. The van der Waals surface area contributed by atoms with Crippen LogP contribution >= 0.6 is 11.6 Å². The Labute approximate surface area is 164 Å². The highest BCUT2D eigenvalue weighted by atomic mass is 35.5. The second kappa shape index (κ2) is 8.25. The van der Waals surface area contributed by atoms with Gasteiger partial charge < -0.3 is 4.90 Å². The Kier molecular flexibility index (Phi) is 5.99. The van der Waals surface area contributed by atoms with E-state index in [-0.39, 0.29) is 18.2 Å². The molecule has 0 saturated heterocycles. The van der Waals surface area contributed by atoms with Crippen molar-refractivity contribution in [2.24, 2.45) is 0 Å². The Bertz CT molecular complexity index is 927. The third kappa shape index (κ3) is 5.19. The highest BCUT2D eigenvalue weighted by Crippen LogP contribution is 2.23. The number of halogens is 1. The monoisotopic (exact) mass is 404 g/mol. The fraction of sp³-hybridized carbons (Fsp3) is 0.250. The Morgan fingerprint density at radius 2 is 1.78 bits per heavy atom. The van der Waals surface area contributed by atoms with Crippen molar-refractivity contribution in [3.05, 3.63) is 76.7 Å². The van der Waals surface area contributed by atoms with Crippen LogP contribution in [-0.4, -0.2) is 44.6 Å². The van der Waals surface area contributed by atoms with E-state index in [0.717, 1.165) is 5.56 Å². The first-order chi connectivity index (χ1) is 12.8. The van der Waals surface area contributed by atoms with Gasteiger partial charge >= 0.3 is 0 Å². The summed E-state index contributed by atoms with van der Waals surface area (Å²) in [5.74, 6) is -0.237. The minimum absolute atomic E-state index is 0.0888. The number of hydrogen-bond acceptors (Lipinski definition) is 4. The number of rotatable bonds is 6. The van der Waals surface area contributed by atoms with E-state index in [1.54, 1.807) is 11.0 Å². The van der Waals surface area contributed by atoms with E-state index in [0.29, 0.717) is 17.3 Å². The zero-order chi connectivity index (χ0) is 19.4. The number of hydrogen-bond donors (Lipinski definition) is 0. The van der Waals surface area contributed by atoms with Crippen molar-refractivity contribution < 1.29 is 13.2 Å². The van der Waals surface area contributed by atoms with E-state index < -0.39 is 15.9 Å². The third-order valence-electron chi connectivity index (χ3n) is 4.32. The minimum atomic E-state index is -3.26. The molecular weight excluding hydrogens is 384 g/mol. The molecule has 0 N–H and O–H groups in total. The summed E-state index contributed by atoms with van der Waals surface area (Å²) in [4.78, 5) is 16.5. The molecule has 0 unspecified atom stereocenters. The normalized spacial score (nSPS) is 18.0. The van der Waals surface area contributed by atoms with E-state index in [1.807, 2.05) is 66.5 Å². The molecule has 27 heavy (non-hydrogen) atoms. The van der Waals surface area contributed by atoms with Gasteiger partial charge in [-0.25, -0.2) is 8.42 Å². The van der Waals surface area contributed by atoms with Crippen LogP contribution < -0.4 is 4.90 Å². The first kappa shape index (κ1) is 19.6. The Balaban J connectivity index is 1.75. The maximum Gasteiger partial charge on any atom is 0.241 e. The lowest BCUT2D eigenvalue weighted by atomic mass is 10.2. The molecule has 1 aliphatic rings. The lowest BCUT2D eigenvalue weighted by Crippen LogP contribution is -2.45. The van der Waals surface area contributed by atoms with Gasteiger partial charge in [-0.3, -0.25) is 9.69 Å². The van der Waals surface area contributed by atoms with Crippen LogP contribution in [-0.2, 0) is 21.2 Å². The summed E-state index contributed by atoms with van der Waals surface area (Å²) in [6.45, 7) is 0.756. The largest absolute Gasteiger partial charge is 0.303 e. The summed E-state index contributed by atoms with van der Waals surface area (Å²) in [6.07, 6.45) is 1.58. The fourth-order valence-corrected chi connectivity index (χ4v) is 4.49. The van der Waals surface area contributed by atoms with Crippen LogP contribution in [0.5, 0.6) is 0 Å². The SMILES string of the molecule is CN(CC(=O)N(c1ccccc1)[C@@H]1C=CS(=O)(=O)C1)Cc1ccc(Cl)cc1. The molecule has 2 aromatic rings. The summed E-state index contributed by atoms with van der Waals surface area (Å²) in [5, 5.41) is 1.86. The number of sulfone groups is 1. The van der Waals surface area contributed by atoms with Crippen LogP contribution in [0.25, 0.3) is 0 Å². The Hall–Kier alpha value is -2.15. The zero-order valence-electron chi connectivity index (χ0n) is 15.0. The molecule has 1 heterocycles. The molecule has 142 valence electrons. The van der Waals surface area contributed by atoms with Crippen molar-refractivity contribution in [3.63, 3.8) is 0 Å². The summed E-state index contributed by atoms with van der Waals surface area (Å²) in [6, 6.07) is 16.1. The second-order valence-electron chi connectivity index (χ2n) is 6.62. The van der Waals surface area contributed by atoms with Crippen molar-refractivity contribution in [1.82, 2.24) is 4.90 Å². The molecule has 0 aromatic heterocycles. The van der Waals surface area contributed by atoms with Crippen molar-refractivity contribution in [1.29, 1.82) is 0 Å². The Morgan fingerprint density at radius 1 is 1.11 bits per heavy atom. The van der Waals surface area contributed by atoms with Gasteiger partial charge in [-0.15, -0.1) is 0 Å². The van der Waals surface area contributed by atoms with Crippen molar-refractivity contribution in [2.45, 2.75) is 12.6 Å². The number of nitrogens with zero attached hydrogens (tertiary/aromatic N) is 2. The molecule has 0 aliphatic carbocycles. The maximum absolute atomic E-state index is 13.0. The molecule has 1 aliphatic heterocycles. The lowest BCUT2D eigenvalue weighted by Gasteiger charge is -2.29. The second-order valence-corrected chi connectivity index (χ2v) is 8.99. The summed E-state index contributed by atoms with van der Waals surface area (Å²) in [5.41, 5.74) is 1.73. The van der Waals surface area contributed by atoms with Crippen LogP contribution in [0.15, 0.2) is 66.1 Å². The van der Waals surface area contributed by atoms with E-state index in [2.05, 4.69) is 0 Å². The smallest absolute Gasteiger partial charge is 0.241 e. The molecule has 0 fully saturated rings. The summed E-state index contributed by atoms with van der Waals surface area (Å²) in [7, 11) is -1.41. The van der Waals surface area contributed by atoms with Crippen LogP contribution in [0.1, 0.15) is 5.56 Å². The van der Waals surface area contributed by atoms with Gasteiger partial charge in [-0.1, -0.05) is 41.9 Å². The average Bonchev–Trinajstić information content (AvgIpc) is 2.97. The molecule has 0 radical (unpaired) electrons. The number of benzene rings is 2. The highest BCUT2D eigenvalue weighted by Gasteiger charge is 2.31. The van der Waals surface area contributed by atoms with Gasteiger partial charge in [0.1, 0.15) is 0 Å². The van der Waals surface area contributed by atoms with Gasteiger partial charge in [0.15, 0.2) is 9.84 Å². The average molecular weight is 405 g/mol. The van der Waals surface area contributed by atoms with Crippen molar-refractivity contribution in [2.75, 3.05) is 24.2 Å². The molecule has 0 saturated carbocycles. The molecule has 0 bridgehead atoms. The zero-order valence-corrected chi connectivity index (χ0v) is 16.5. The third-order valence-corrected chi connectivity index (χ3v) is 5.95. The van der Waals surface area contributed by atoms with Crippen LogP contribution in [0.4, 0.5) is 5.69 Å². The molecule has 1 amide bonds. The van der Waals surface area contributed by atoms with Gasteiger partial charge in [-0.05, 0) is 43.0 Å². The quantitative estimate of drug-likeness (QED) is 0.742. The molecule has 0 spiro atoms. The number of carbonyl (C=O) groups is 1. The van der Waals surface area contributed by atoms with Gasteiger partial charge in [0.25, 0.3) is 0 Å². The predicted octanol–water partition coefficient (Wildman–Crippen LogP) is 3.12. The van der Waals surface area contributed by atoms with Gasteiger partial charge in [-0.2, -0.15) is 0 Å². The number of para-hydroxylation sites is 1. The standard InChI is InChI=1S/C20H21ClN2O3S/c1-22(13-16-7-9-17(21)10-8-16)14-20(24)23(18-5-3-2-4-6-18)19-11-12-27(25,26)15-19/h2-12,19H,13-15H2,1H3/t19-/m1/s1. The topological polar surface area (TPSA) is 57.7 Å². The van der Waals surface area contributed by atoms with E-state index in [9.17, 15) is 13.2 Å². The van der Waals surface area contributed by atoms with Gasteiger partial charge in [0, 0.05) is 22.7 Å². The molecule has 7 heteroatoms. The van der Waals surface area contributed by atoms with Crippen LogP contribution in [0.2, 0.25) is 5.02 Å². The number of amides is 1. The van der Waals surface area contributed by atoms with Crippen molar-refractivity contribution in [3.8, 4) is 0 Å².